The van der Waals surface area contributed by atoms with Crippen molar-refractivity contribution in [1.29, 1.82) is 0 Å². The molecule has 90 valence electrons. The molecule has 0 fully saturated rings. The summed E-state index contributed by atoms with van der Waals surface area (Å²) in [7, 11) is -0.922. The lowest BCUT2D eigenvalue weighted by atomic mass is 10.1. The number of nitrogens with one attached hydrogen (secondary N) is 1. The highest BCUT2D eigenvalue weighted by Crippen LogP contribution is 2.14. The summed E-state index contributed by atoms with van der Waals surface area (Å²) < 4.78 is 11.2. The molecule has 16 heavy (non-hydrogen) atoms. The predicted octanol–water partition coefficient (Wildman–Crippen LogP) is 1.46. The van der Waals surface area contributed by atoms with Crippen LogP contribution in [0.5, 0.6) is 0 Å². The third kappa shape index (κ3) is 4.04. The van der Waals surface area contributed by atoms with Crippen LogP contribution in [0.4, 0.5) is 0 Å². The number of aliphatic hydroxyl groups is 1. The van der Waals surface area contributed by atoms with E-state index in [-0.39, 0.29) is 12.1 Å². The Morgan fingerprint density at radius 2 is 1.88 bits per heavy atom. The zero-order chi connectivity index (χ0) is 12.1. The zero-order valence-electron chi connectivity index (χ0n) is 9.93. The van der Waals surface area contributed by atoms with E-state index in [4.69, 9.17) is 5.11 Å². The molecule has 0 spiro atoms. The molecule has 0 aromatic heterocycles. The number of hydrogen-bond donors (Lipinski definition) is 2. The number of rotatable bonds is 5. The Bertz CT molecular complexity index is 349. The van der Waals surface area contributed by atoms with Crippen molar-refractivity contribution in [2.24, 2.45) is 0 Å². The second kappa shape index (κ2) is 6.13. The molecule has 1 aromatic rings. The van der Waals surface area contributed by atoms with Crippen LogP contribution in [0.2, 0.25) is 0 Å². The van der Waals surface area contributed by atoms with E-state index < -0.39 is 10.8 Å². The van der Waals surface area contributed by atoms with Gasteiger partial charge in [0.25, 0.3) is 0 Å². The maximum Gasteiger partial charge on any atom is 0.0636 e. The first-order valence-electron chi connectivity index (χ1n) is 5.35. The summed E-state index contributed by atoms with van der Waals surface area (Å²) in [6.07, 6.45) is 1.33. The fourth-order valence-corrected chi connectivity index (χ4v) is 1.93. The van der Waals surface area contributed by atoms with E-state index in [2.05, 4.69) is 5.32 Å². The van der Waals surface area contributed by atoms with Crippen molar-refractivity contribution in [2.75, 3.05) is 12.8 Å². The standard InChI is InChI=1S/C12H19NO2S/c1-9(14)8-13-10(2)11-4-6-12(7-5-11)16(3)15/h4-7,9-10,13-14H,8H2,1-3H3. The molecule has 0 amide bonds. The molecule has 0 aliphatic heterocycles. The second-order valence-corrected chi connectivity index (χ2v) is 5.38. The van der Waals surface area contributed by atoms with Crippen molar-refractivity contribution >= 4 is 10.8 Å². The minimum Gasteiger partial charge on any atom is -0.392 e. The summed E-state index contributed by atoms with van der Waals surface area (Å²) >= 11 is 0. The van der Waals surface area contributed by atoms with Gasteiger partial charge in [0.2, 0.25) is 0 Å². The van der Waals surface area contributed by atoms with Gasteiger partial charge in [-0.2, -0.15) is 0 Å². The quantitative estimate of drug-likeness (QED) is 0.820. The molecular weight excluding hydrogens is 222 g/mol. The van der Waals surface area contributed by atoms with Gasteiger partial charge in [-0.05, 0) is 31.5 Å². The fraction of sp³-hybridized carbons (Fsp3) is 0.500. The topological polar surface area (TPSA) is 49.3 Å². The van der Waals surface area contributed by atoms with Crippen molar-refractivity contribution in [3.05, 3.63) is 29.8 Å². The van der Waals surface area contributed by atoms with Crippen LogP contribution in [-0.4, -0.2) is 28.2 Å². The van der Waals surface area contributed by atoms with E-state index in [1.165, 1.54) is 0 Å². The van der Waals surface area contributed by atoms with Crippen LogP contribution in [-0.2, 0) is 10.8 Å². The molecule has 0 heterocycles. The van der Waals surface area contributed by atoms with Crippen LogP contribution >= 0.6 is 0 Å². The summed E-state index contributed by atoms with van der Waals surface area (Å²) in [5.41, 5.74) is 1.13. The van der Waals surface area contributed by atoms with E-state index in [0.29, 0.717) is 6.54 Å². The molecule has 4 heteroatoms. The van der Waals surface area contributed by atoms with Gasteiger partial charge < -0.3 is 10.4 Å². The molecule has 2 N–H and O–H groups in total. The second-order valence-electron chi connectivity index (χ2n) is 4.00. The van der Waals surface area contributed by atoms with E-state index >= 15 is 0 Å². The highest BCUT2D eigenvalue weighted by Gasteiger charge is 2.06. The monoisotopic (exact) mass is 241 g/mol. The van der Waals surface area contributed by atoms with Gasteiger partial charge in [0.15, 0.2) is 0 Å². The van der Waals surface area contributed by atoms with E-state index in [1.807, 2.05) is 31.2 Å². The normalized spacial score (nSPS) is 16.8. The van der Waals surface area contributed by atoms with Gasteiger partial charge in [0.05, 0.1) is 6.10 Å². The zero-order valence-corrected chi connectivity index (χ0v) is 10.8. The summed E-state index contributed by atoms with van der Waals surface area (Å²) in [4.78, 5) is 0.839. The molecule has 3 unspecified atom stereocenters. The molecule has 0 radical (unpaired) electrons. The van der Waals surface area contributed by atoms with Gasteiger partial charge in [-0.15, -0.1) is 0 Å². The smallest absolute Gasteiger partial charge is 0.0636 e. The van der Waals surface area contributed by atoms with Gasteiger partial charge in [-0.25, -0.2) is 0 Å². The first-order valence-corrected chi connectivity index (χ1v) is 6.91. The van der Waals surface area contributed by atoms with Crippen LogP contribution in [0.3, 0.4) is 0 Å². The molecule has 3 atom stereocenters. The van der Waals surface area contributed by atoms with Crippen molar-refractivity contribution in [2.45, 2.75) is 30.9 Å². The minimum atomic E-state index is -0.922. The molecule has 1 aromatic carbocycles. The molecule has 1 rings (SSSR count). The lowest BCUT2D eigenvalue weighted by Gasteiger charge is -2.15. The highest BCUT2D eigenvalue weighted by molar-refractivity contribution is 7.84. The van der Waals surface area contributed by atoms with Gasteiger partial charge >= 0.3 is 0 Å². The minimum absolute atomic E-state index is 0.189. The van der Waals surface area contributed by atoms with E-state index in [1.54, 1.807) is 13.2 Å². The Kier molecular flexibility index (Phi) is 5.12. The lowest BCUT2D eigenvalue weighted by molar-refractivity contribution is 0.187. The van der Waals surface area contributed by atoms with E-state index in [0.717, 1.165) is 10.5 Å². The third-order valence-electron chi connectivity index (χ3n) is 2.43. The Labute approximate surface area is 99.3 Å². The Hall–Kier alpha value is -0.710. The third-order valence-corrected chi connectivity index (χ3v) is 3.37. The predicted molar refractivity (Wildman–Crippen MR) is 66.9 cm³/mol. The summed E-state index contributed by atoms with van der Waals surface area (Å²) in [5, 5.41) is 12.4. The average Bonchev–Trinajstić information content (AvgIpc) is 2.26. The number of hydrogen-bond acceptors (Lipinski definition) is 3. The van der Waals surface area contributed by atoms with Gasteiger partial charge in [-0.3, -0.25) is 4.21 Å². The number of aliphatic hydroxyl groups excluding tert-OH is 1. The molecule has 3 nitrogen and oxygen atoms in total. The number of benzene rings is 1. The first-order chi connectivity index (χ1) is 7.50. The van der Waals surface area contributed by atoms with Crippen LogP contribution in [0.1, 0.15) is 25.5 Å². The lowest BCUT2D eigenvalue weighted by Crippen LogP contribution is -2.27. The Morgan fingerprint density at radius 3 is 2.31 bits per heavy atom. The molecule has 0 saturated carbocycles. The summed E-state index contributed by atoms with van der Waals surface area (Å²) in [6.45, 7) is 4.37. The van der Waals surface area contributed by atoms with Crippen molar-refractivity contribution in [3.8, 4) is 0 Å². The van der Waals surface area contributed by atoms with Gasteiger partial charge in [0.1, 0.15) is 0 Å². The van der Waals surface area contributed by atoms with Gasteiger partial charge in [-0.1, -0.05) is 12.1 Å². The Balaban J connectivity index is 2.63. The summed E-state index contributed by atoms with van der Waals surface area (Å²) in [5.74, 6) is 0. The molecular formula is C12H19NO2S. The van der Waals surface area contributed by atoms with Crippen molar-refractivity contribution in [1.82, 2.24) is 5.32 Å². The largest absolute Gasteiger partial charge is 0.392 e. The molecule has 0 aliphatic carbocycles. The van der Waals surface area contributed by atoms with Crippen LogP contribution < -0.4 is 5.32 Å². The maximum absolute atomic E-state index is 11.2. The van der Waals surface area contributed by atoms with Crippen LogP contribution in [0, 0.1) is 0 Å². The first kappa shape index (κ1) is 13.4. The molecule has 0 bridgehead atoms. The van der Waals surface area contributed by atoms with Crippen molar-refractivity contribution in [3.63, 3.8) is 0 Å². The summed E-state index contributed by atoms with van der Waals surface area (Å²) in [6, 6.07) is 7.89. The van der Waals surface area contributed by atoms with E-state index in [9.17, 15) is 4.21 Å². The SMILES string of the molecule is CC(O)CNC(C)c1ccc(S(C)=O)cc1. The fourth-order valence-electron chi connectivity index (χ4n) is 1.41. The van der Waals surface area contributed by atoms with Crippen LogP contribution in [0.25, 0.3) is 0 Å². The Morgan fingerprint density at radius 1 is 1.31 bits per heavy atom. The van der Waals surface area contributed by atoms with Gasteiger partial charge in [0, 0.05) is 34.5 Å². The maximum atomic E-state index is 11.2. The molecule has 0 aliphatic rings. The molecule has 0 saturated heterocycles. The average molecular weight is 241 g/mol. The van der Waals surface area contributed by atoms with Crippen LogP contribution in [0.15, 0.2) is 29.2 Å². The van der Waals surface area contributed by atoms with Crippen molar-refractivity contribution < 1.29 is 9.32 Å². The highest BCUT2D eigenvalue weighted by atomic mass is 32.2.